The Hall–Kier alpha value is -2.49. The molecule has 26 heavy (non-hydrogen) atoms. The molecule has 0 saturated heterocycles. The van der Waals surface area contributed by atoms with Crippen LogP contribution >= 0.6 is 0 Å². The number of halogens is 5. The number of nitrogens with zero attached hydrogens (tertiary/aromatic N) is 3. The van der Waals surface area contributed by atoms with E-state index in [4.69, 9.17) is 0 Å². The molecule has 10 heteroatoms. The van der Waals surface area contributed by atoms with Crippen LogP contribution in [-0.2, 0) is 12.7 Å². The van der Waals surface area contributed by atoms with E-state index in [9.17, 15) is 22.0 Å². The first kappa shape index (κ1) is 19.8. The molecule has 5 nitrogen and oxygen atoms in total. The summed E-state index contributed by atoms with van der Waals surface area (Å²) in [6.45, 7) is 0.913. The highest BCUT2D eigenvalue weighted by atomic mass is 19.4. The maximum absolute atomic E-state index is 13.2. The molecule has 2 rings (SSSR count). The number of rotatable bonds is 7. The van der Waals surface area contributed by atoms with Gasteiger partial charge in [-0.25, -0.2) is 13.8 Å². The molecular weight excluding hydrogens is 357 g/mol. The lowest BCUT2D eigenvalue weighted by molar-refractivity contribution is -0.141. The molecule has 1 aromatic carbocycles. The van der Waals surface area contributed by atoms with Gasteiger partial charge in [0.15, 0.2) is 17.3 Å². The van der Waals surface area contributed by atoms with E-state index in [-0.39, 0.29) is 18.3 Å². The summed E-state index contributed by atoms with van der Waals surface area (Å²) in [7, 11) is 3.65. The van der Waals surface area contributed by atoms with Gasteiger partial charge in [0.25, 0.3) is 0 Å². The minimum atomic E-state index is -4.64. The minimum Gasteiger partial charge on any atom is -0.366 e. The summed E-state index contributed by atoms with van der Waals surface area (Å²) in [6, 6.07) is 4.00. The van der Waals surface area contributed by atoms with Crippen molar-refractivity contribution < 1.29 is 22.0 Å². The second-order valence-corrected chi connectivity index (χ2v) is 5.79. The van der Waals surface area contributed by atoms with Gasteiger partial charge in [-0.05, 0) is 31.8 Å². The van der Waals surface area contributed by atoms with Crippen molar-refractivity contribution in [3.63, 3.8) is 0 Å². The first-order valence-corrected chi connectivity index (χ1v) is 7.68. The zero-order valence-corrected chi connectivity index (χ0v) is 14.2. The normalized spacial score (nSPS) is 11.7. The lowest BCUT2D eigenvalue weighted by atomic mass is 10.2. The Morgan fingerprint density at radius 2 is 1.73 bits per heavy atom. The van der Waals surface area contributed by atoms with Crippen LogP contribution in [0, 0.1) is 11.6 Å². The summed E-state index contributed by atoms with van der Waals surface area (Å²) < 4.78 is 65.2. The average Bonchev–Trinajstić information content (AvgIpc) is 2.55. The molecule has 0 aliphatic carbocycles. The highest BCUT2D eigenvalue weighted by molar-refractivity contribution is 5.43. The standard InChI is InChI=1S/C16H18F5N5/c1-26(2)6-5-22-15-24-13(16(19,20)21)8-14(25-15)23-9-10-3-4-11(17)12(18)7-10/h3-4,7-8H,5-6,9H2,1-2H3,(H2,22,23,24,25). The highest BCUT2D eigenvalue weighted by Crippen LogP contribution is 2.29. The van der Waals surface area contributed by atoms with E-state index < -0.39 is 23.5 Å². The number of nitrogens with one attached hydrogen (secondary N) is 2. The summed E-state index contributed by atoms with van der Waals surface area (Å²) in [4.78, 5) is 9.30. The molecule has 0 aliphatic heterocycles. The molecule has 0 bridgehead atoms. The van der Waals surface area contributed by atoms with Gasteiger partial charge in [0.1, 0.15) is 5.82 Å². The smallest absolute Gasteiger partial charge is 0.366 e. The van der Waals surface area contributed by atoms with Crippen LogP contribution in [0.4, 0.5) is 33.7 Å². The fourth-order valence-electron chi connectivity index (χ4n) is 2.00. The lowest BCUT2D eigenvalue weighted by Gasteiger charge is -2.14. The lowest BCUT2D eigenvalue weighted by Crippen LogP contribution is -2.22. The third-order valence-corrected chi connectivity index (χ3v) is 3.32. The van der Waals surface area contributed by atoms with Crippen LogP contribution in [0.3, 0.4) is 0 Å². The van der Waals surface area contributed by atoms with Gasteiger partial charge in [0.2, 0.25) is 5.95 Å². The molecule has 0 atom stereocenters. The number of anilines is 2. The summed E-state index contributed by atoms with van der Waals surface area (Å²) in [5.74, 6) is -2.28. The van der Waals surface area contributed by atoms with Crippen molar-refractivity contribution in [3.8, 4) is 0 Å². The molecule has 0 aliphatic rings. The quantitative estimate of drug-likeness (QED) is 0.727. The summed E-state index contributed by atoms with van der Waals surface area (Å²) in [6.07, 6.45) is -4.64. The van der Waals surface area contributed by atoms with E-state index in [1.165, 1.54) is 6.07 Å². The Labute approximate surface area is 147 Å². The molecule has 1 heterocycles. The molecule has 1 aromatic heterocycles. The molecule has 0 fully saturated rings. The van der Waals surface area contributed by atoms with Gasteiger partial charge in [-0.15, -0.1) is 0 Å². The number of hydrogen-bond acceptors (Lipinski definition) is 5. The van der Waals surface area contributed by atoms with E-state index in [0.717, 1.165) is 18.2 Å². The molecule has 0 unspecified atom stereocenters. The second kappa shape index (κ2) is 8.26. The van der Waals surface area contributed by atoms with E-state index in [2.05, 4.69) is 20.6 Å². The number of hydrogen-bond donors (Lipinski definition) is 2. The highest BCUT2D eigenvalue weighted by Gasteiger charge is 2.33. The van der Waals surface area contributed by atoms with Crippen LogP contribution in [0.5, 0.6) is 0 Å². The molecule has 0 radical (unpaired) electrons. The van der Waals surface area contributed by atoms with Gasteiger partial charge < -0.3 is 15.5 Å². The zero-order valence-electron chi connectivity index (χ0n) is 14.2. The predicted molar refractivity (Wildman–Crippen MR) is 87.8 cm³/mol. The van der Waals surface area contributed by atoms with Crippen molar-refractivity contribution in [2.75, 3.05) is 37.8 Å². The van der Waals surface area contributed by atoms with Gasteiger partial charge in [0.05, 0.1) is 0 Å². The van der Waals surface area contributed by atoms with Gasteiger partial charge in [-0.3, -0.25) is 0 Å². The predicted octanol–water partition coefficient (Wildman–Crippen LogP) is 3.36. The number of alkyl halides is 3. The summed E-state index contributed by atoms with van der Waals surface area (Å²) in [5, 5.41) is 5.40. The van der Waals surface area contributed by atoms with E-state index in [1.54, 1.807) is 0 Å². The largest absolute Gasteiger partial charge is 0.433 e. The van der Waals surface area contributed by atoms with E-state index >= 15 is 0 Å². The van der Waals surface area contributed by atoms with Crippen LogP contribution in [-0.4, -0.2) is 42.1 Å². The topological polar surface area (TPSA) is 53.1 Å². The Balaban J connectivity index is 2.15. The zero-order chi connectivity index (χ0) is 19.3. The minimum absolute atomic E-state index is 0.0252. The molecule has 2 N–H and O–H groups in total. The van der Waals surface area contributed by atoms with Crippen LogP contribution in [0.25, 0.3) is 0 Å². The van der Waals surface area contributed by atoms with Gasteiger partial charge in [-0.2, -0.15) is 18.2 Å². The second-order valence-electron chi connectivity index (χ2n) is 5.79. The van der Waals surface area contributed by atoms with Gasteiger partial charge >= 0.3 is 6.18 Å². The summed E-state index contributed by atoms with van der Waals surface area (Å²) in [5.41, 5.74) is -0.745. The van der Waals surface area contributed by atoms with Gasteiger partial charge in [0, 0.05) is 25.7 Å². The number of likely N-dealkylation sites (N-methyl/N-ethyl adjacent to an activating group) is 1. The number of benzene rings is 1. The SMILES string of the molecule is CN(C)CCNc1nc(NCc2ccc(F)c(F)c2)cc(C(F)(F)F)n1. The van der Waals surface area contributed by atoms with Crippen LogP contribution in [0.2, 0.25) is 0 Å². The van der Waals surface area contributed by atoms with Crippen molar-refractivity contribution in [1.82, 2.24) is 14.9 Å². The van der Waals surface area contributed by atoms with Crippen molar-refractivity contribution in [2.24, 2.45) is 0 Å². The average molecular weight is 375 g/mol. The molecule has 0 saturated carbocycles. The third kappa shape index (κ3) is 5.80. The van der Waals surface area contributed by atoms with Crippen LogP contribution in [0.1, 0.15) is 11.3 Å². The van der Waals surface area contributed by atoms with Crippen molar-refractivity contribution in [3.05, 3.63) is 47.2 Å². The molecule has 0 amide bonds. The van der Waals surface area contributed by atoms with Crippen molar-refractivity contribution in [2.45, 2.75) is 12.7 Å². The summed E-state index contributed by atoms with van der Waals surface area (Å²) >= 11 is 0. The number of aromatic nitrogens is 2. The van der Waals surface area contributed by atoms with Crippen molar-refractivity contribution >= 4 is 11.8 Å². The third-order valence-electron chi connectivity index (χ3n) is 3.32. The monoisotopic (exact) mass is 375 g/mol. The molecule has 142 valence electrons. The molecule has 0 spiro atoms. The first-order chi connectivity index (χ1) is 12.1. The first-order valence-electron chi connectivity index (χ1n) is 7.68. The fraction of sp³-hybridized carbons (Fsp3) is 0.375. The Morgan fingerprint density at radius 3 is 2.35 bits per heavy atom. The Morgan fingerprint density at radius 1 is 1.00 bits per heavy atom. The Kier molecular flexibility index (Phi) is 6.30. The van der Waals surface area contributed by atoms with Crippen LogP contribution in [0.15, 0.2) is 24.3 Å². The van der Waals surface area contributed by atoms with E-state index in [1.807, 2.05) is 19.0 Å². The Bertz CT molecular complexity index is 748. The molecule has 2 aromatic rings. The fourth-order valence-corrected chi connectivity index (χ4v) is 2.00. The van der Waals surface area contributed by atoms with Crippen molar-refractivity contribution in [1.29, 1.82) is 0 Å². The maximum atomic E-state index is 13.2. The van der Waals surface area contributed by atoms with Crippen LogP contribution < -0.4 is 10.6 Å². The van der Waals surface area contributed by atoms with E-state index in [0.29, 0.717) is 18.7 Å². The maximum Gasteiger partial charge on any atom is 0.433 e. The molecular formula is C16H18F5N5. The van der Waals surface area contributed by atoms with Gasteiger partial charge in [-0.1, -0.05) is 6.07 Å².